The summed E-state index contributed by atoms with van der Waals surface area (Å²) >= 11 is 0. The molecule has 1 atom stereocenters. The van der Waals surface area contributed by atoms with E-state index in [1.165, 1.54) is 0 Å². The van der Waals surface area contributed by atoms with Gasteiger partial charge in [-0.2, -0.15) is 0 Å². The highest BCUT2D eigenvalue weighted by Gasteiger charge is 2.30. The molecule has 0 bridgehead atoms. The van der Waals surface area contributed by atoms with Gasteiger partial charge in [-0.05, 0) is 69.2 Å². The zero-order valence-corrected chi connectivity index (χ0v) is 17.8. The summed E-state index contributed by atoms with van der Waals surface area (Å²) in [5.74, 6) is 0.366. The summed E-state index contributed by atoms with van der Waals surface area (Å²) in [6.07, 6.45) is 5.66. The lowest BCUT2D eigenvalue weighted by Gasteiger charge is -2.30. The van der Waals surface area contributed by atoms with E-state index in [0.717, 1.165) is 42.6 Å². The number of nitrogens with zero attached hydrogens (tertiary/aromatic N) is 2. The minimum absolute atomic E-state index is 0.0202. The van der Waals surface area contributed by atoms with E-state index < -0.39 is 0 Å². The van der Waals surface area contributed by atoms with Crippen LogP contribution in [0, 0.1) is 11.8 Å². The lowest BCUT2D eigenvalue weighted by atomic mass is 9.82. The molecule has 0 saturated heterocycles. The van der Waals surface area contributed by atoms with Crippen molar-refractivity contribution in [1.82, 2.24) is 14.8 Å². The first-order valence-electron chi connectivity index (χ1n) is 11.0. The summed E-state index contributed by atoms with van der Waals surface area (Å²) in [6.45, 7) is 5.61. The van der Waals surface area contributed by atoms with Crippen LogP contribution in [0.4, 0.5) is 4.79 Å². The number of urea groups is 1. The fourth-order valence-electron chi connectivity index (χ4n) is 4.76. The van der Waals surface area contributed by atoms with Crippen molar-refractivity contribution in [2.45, 2.75) is 52.1 Å². The first-order chi connectivity index (χ1) is 14.6. The van der Waals surface area contributed by atoms with Gasteiger partial charge in [0.15, 0.2) is 0 Å². The number of hydrogen-bond acceptors (Lipinski definition) is 3. The summed E-state index contributed by atoms with van der Waals surface area (Å²) in [5, 5.41) is 3.16. The number of carbonyl (C=O) groups is 2. The molecule has 2 heterocycles. The zero-order chi connectivity index (χ0) is 21.1. The minimum Gasteiger partial charge on any atom is -0.466 e. The number of esters is 1. The molecule has 2 aliphatic rings. The molecule has 2 amide bonds. The second kappa shape index (κ2) is 8.94. The van der Waals surface area contributed by atoms with E-state index in [4.69, 9.17) is 4.74 Å². The van der Waals surface area contributed by atoms with Crippen LogP contribution in [0.5, 0.6) is 0 Å². The van der Waals surface area contributed by atoms with E-state index in [-0.39, 0.29) is 24.0 Å². The molecule has 2 aromatic rings. The molecule has 160 valence electrons. The molecule has 1 aromatic heterocycles. The summed E-state index contributed by atoms with van der Waals surface area (Å²) in [7, 11) is 0. The van der Waals surface area contributed by atoms with Crippen molar-refractivity contribution >= 4 is 12.0 Å². The third-order valence-corrected chi connectivity index (χ3v) is 6.54. The highest BCUT2D eigenvalue weighted by atomic mass is 16.5. The van der Waals surface area contributed by atoms with Gasteiger partial charge < -0.3 is 19.5 Å². The van der Waals surface area contributed by atoms with Crippen LogP contribution in [0.15, 0.2) is 42.6 Å². The van der Waals surface area contributed by atoms with Crippen molar-refractivity contribution in [2.75, 3.05) is 13.2 Å². The van der Waals surface area contributed by atoms with Crippen molar-refractivity contribution in [1.29, 1.82) is 0 Å². The molecule has 1 aliphatic heterocycles. The second-order valence-corrected chi connectivity index (χ2v) is 8.39. The van der Waals surface area contributed by atoms with Gasteiger partial charge in [-0.1, -0.05) is 18.2 Å². The van der Waals surface area contributed by atoms with E-state index in [9.17, 15) is 9.59 Å². The third kappa shape index (κ3) is 4.09. The first kappa shape index (κ1) is 20.5. The van der Waals surface area contributed by atoms with Gasteiger partial charge in [-0.15, -0.1) is 0 Å². The molecule has 4 rings (SSSR count). The lowest BCUT2D eigenvalue weighted by molar-refractivity contribution is -0.149. The van der Waals surface area contributed by atoms with Crippen LogP contribution in [-0.4, -0.2) is 34.6 Å². The Labute approximate surface area is 178 Å². The number of fused-ring (bicyclic) bond motifs is 3. The van der Waals surface area contributed by atoms with E-state index >= 15 is 0 Å². The van der Waals surface area contributed by atoms with Crippen LogP contribution in [0.25, 0.3) is 5.69 Å². The molecule has 1 aliphatic carbocycles. The number of ether oxygens (including phenoxy) is 1. The Balaban J connectivity index is 1.38. The molecule has 6 heteroatoms. The average Bonchev–Trinajstić information content (AvgIpc) is 3.22. The smallest absolute Gasteiger partial charge is 0.318 e. The SMILES string of the molecule is CCOC(=O)C1CCC(CNC(=O)N2Cc3ccccc3-n3cccc3C2C)CC1. The Morgan fingerprint density at radius 3 is 2.63 bits per heavy atom. The van der Waals surface area contributed by atoms with E-state index in [0.29, 0.717) is 25.6 Å². The Kier molecular flexibility index (Phi) is 6.11. The maximum Gasteiger partial charge on any atom is 0.318 e. The summed E-state index contributed by atoms with van der Waals surface area (Å²) in [5.41, 5.74) is 3.39. The Morgan fingerprint density at radius 1 is 1.10 bits per heavy atom. The van der Waals surface area contributed by atoms with Gasteiger partial charge in [0.2, 0.25) is 0 Å². The summed E-state index contributed by atoms with van der Waals surface area (Å²) in [4.78, 5) is 27.0. The van der Waals surface area contributed by atoms with Crippen molar-refractivity contribution in [3.8, 4) is 5.69 Å². The van der Waals surface area contributed by atoms with Gasteiger partial charge in [-0.25, -0.2) is 4.79 Å². The molecule has 1 fully saturated rings. The van der Waals surface area contributed by atoms with Crippen molar-refractivity contribution < 1.29 is 14.3 Å². The van der Waals surface area contributed by atoms with Gasteiger partial charge >= 0.3 is 12.0 Å². The monoisotopic (exact) mass is 409 g/mol. The molecular weight excluding hydrogens is 378 g/mol. The molecule has 1 saturated carbocycles. The quantitative estimate of drug-likeness (QED) is 0.760. The van der Waals surface area contributed by atoms with Gasteiger partial charge in [0, 0.05) is 18.4 Å². The number of para-hydroxylation sites is 1. The molecule has 1 aromatic carbocycles. The van der Waals surface area contributed by atoms with Crippen LogP contribution in [0.1, 0.15) is 56.8 Å². The van der Waals surface area contributed by atoms with Crippen LogP contribution in [-0.2, 0) is 16.1 Å². The second-order valence-electron chi connectivity index (χ2n) is 8.39. The Bertz CT molecular complexity index is 899. The molecule has 6 nitrogen and oxygen atoms in total. The van der Waals surface area contributed by atoms with E-state index in [1.807, 2.05) is 30.0 Å². The predicted octanol–water partition coefficient (Wildman–Crippen LogP) is 4.43. The van der Waals surface area contributed by atoms with Crippen molar-refractivity contribution in [2.24, 2.45) is 11.8 Å². The largest absolute Gasteiger partial charge is 0.466 e. The standard InChI is InChI=1S/C24H31N3O3/c1-3-30-23(28)19-12-10-18(11-13-19)15-25-24(29)27-16-20-7-4-5-8-22(20)26-14-6-9-21(26)17(27)2/h4-9,14,17-19H,3,10-13,15-16H2,1-2H3,(H,25,29). The number of rotatable bonds is 4. The number of carbonyl (C=O) groups excluding carboxylic acids is 2. The fraction of sp³-hybridized carbons (Fsp3) is 0.500. The van der Waals surface area contributed by atoms with Crippen LogP contribution in [0.3, 0.4) is 0 Å². The number of benzene rings is 1. The predicted molar refractivity (Wildman–Crippen MR) is 115 cm³/mol. The van der Waals surface area contributed by atoms with Gasteiger partial charge in [0.1, 0.15) is 0 Å². The number of aromatic nitrogens is 1. The fourth-order valence-corrected chi connectivity index (χ4v) is 4.76. The van der Waals surface area contributed by atoms with E-state index in [1.54, 1.807) is 0 Å². The molecule has 0 spiro atoms. The molecular formula is C24H31N3O3. The topological polar surface area (TPSA) is 63.6 Å². The lowest BCUT2D eigenvalue weighted by Crippen LogP contribution is -2.43. The highest BCUT2D eigenvalue weighted by molar-refractivity contribution is 5.75. The van der Waals surface area contributed by atoms with Crippen LogP contribution < -0.4 is 5.32 Å². The highest BCUT2D eigenvalue weighted by Crippen LogP contribution is 2.32. The average molecular weight is 410 g/mol. The minimum atomic E-state index is -0.0694. The van der Waals surface area contributed by atoms with E-state index in [2.05, 4.69) is 41.2 Å². The molecule has 1 unspecified atom stereocenters. The van der Waals surface area contributed by atoms with Gasteiger partial charge in [-0.3, -0.25) is 4.79 Å². The first-order valence-corrected chi connectivity index (χ1v) is 11.0. The summed E-state index contributed by atoms with van der Waals surface area (Å²) in [6, 6.07) is 12.3. The maximum atomic E-state index is 13.1. The maximum absolute atomic E-state index is 13.1. The zero-order valence-electron chi connectivity index (χ0n) is 17.8. The van der Waals surface area contributed by atoms with Crippen molar-refractivity contribution in [3.05, 3.63) is 53.9 Å². The normalized spacial score (nSPS) is 23.1. The third-order valence-electron chi connectivity index (χ3n) is 6.54. The number of amides is 2. The molecule has 1 N–H and O–H groups in total. The van der Waals surface area contributed by atoms with Crippen LogP contribution >= 0.6 is 0 Å². The van der Waals surface area contributed by atoms with Crippen molar-refractivity contribution in [3.63, 3.8) is 0 Å². The Morgan fingerprint density at radius 2 is 1.87 bits per heavy atom. The number of hydrogen-bond donors (Lipinski definition) is 1. The van der Waals surface area contributed by atoms with Gasteiger partial charge in [0.05, 0.1) is 30.8 Å². The number of nitrogens with one attached hydrogen (secondary N) is 1. The Hall–Kier alpha value is -2.76. The molecule has 0 radical (unpaired) electrons. The summed E-state index contributed by atoms with van der Waals surface area (Å²) < 4.78 is 7.34. The van der Waals surface area contributed by atoms with Gasteiger partial charge in [0.25, 0.3) is 0 Å². The molecule has 30 heavy (non-hydrogen) atoms. The van der Waals surface area contributed by atoms with Crippen LogP contribution in [0.2, 0.25) is 0 Å².